The summed E-state index contributed by atoms with van der Waals surface area (Å²) in [4.78, 5) is 23.4. The molecule has 0 amide bonds. The zero-order chi connectivity index (χ0) is 17.5. The van der Waals surface area contributed by atoms with Crippen molar-refractivity contribution in [2.24, 2.45) is 0 Å². The molecule has 3 heterocycles. The second kappa shape index (κ2) is 6.78. The SMILES string of the molecule is O=c1cc2c(nn1CCN1CCN(c3nc4c(s3)CCC4)CC1)CCC2. The molecule has 26 heavy (non-hydrogen) atoms. The van der Waals surface area contributed by atoms with Crippen molar-refractivity contribution in [3.63, 3.8) is 0 Å². The number of anilines is 1. The fourth-order valence-corrected chi connectivity index (χ4v) is 5.51. The van der Waals surface area contributed by atoms with Crippen molar-refractivity contribution in [3.8, 4) is 0 Å². The van der Waals surface area contributed by atoms with E-state index in [-0.39, 0.29) is 5.56 Å². The van der Waals surface area contributed by atoms with Crippen LogP contribution in [0.1, 0.15) is 34.7 Å². The summed E-state index contributed by atoms with van der Waals surface area (Å²) in [5.74, 6) is 0. The van der Waals surface area contributed by atoms with Crippen molar-refractivity contribution in [3.05, 3.63) is 38.2 Å². The van der Waals surface area contributed by atoms with E-state index in [2.05, 4.69) is 14.9 Å². The quantitative estimate of drug-likeness (QED) is 0.815. The highest BCUT2D eigenvalue weighted by atomic mass is 32.1. The Morgan fingerprint density at radius 3 is 2.62 bits per heavy atom. The van der Waals surface area contributed by atoms with Crippen molar-refractivity contribution in [2.45, 2.75) is 45.1 Å². The second-order valence-electron chi connectivity index (χ2n) is 7.58. The number of hydrogen-bond donors (Lipinski definition) is 0. The van der Waals surface area contributed by atoms with Gasteiger partial charge in [-0.25, -0.2) is 9.67 Å². The maximum atomic E-state index is 12.2. The van der Waals surface area contributed by atoms with Gasteiger partial charge >= 0.3 is 0 Å². The third-order valence-corrected chi connectivity index (χ3v) is 7.10. The van der Waals surface area contributed by atoms with Gasteiger partial charge in [0.2, 0.25) is 0 Å². The molecule has 5 rings (SSSR count). The minimum absolute atomic E-state index is 0.0570. The van der Waals surface area contributed by atoms with E-state index in [4.69, 9.17) is 4.98 Å². The van der Waals surface area contributed by atoms with Crippen LogP contribution >= 0.6 is 11.3 Å². The molecule has 2 aromatic heterocycles. The molecule has 0 bridgehead atoms. The number of nitrogens with zero attached hydrogens (tertiary/aromatic N) is 5. The molecule has 0 radical (unpaired) electrons. The van der Waals surface area contributed by atoms with Crippen LogP contribution in [-0.4, -0.2) is 52.4 Å². The Morgan fingerprint density at radius 2 is 1.77 bits per heavy atom. The summed E-state index contributed by atoms with van der Waals surface area (Å²) in [6.45, 7) is 5.71. The lowest BCUT2D eigenvalue weighted by atomic mass is 10.2. The molecular weight excluding hydrogens is 346 g/mol. The minimum Gasteiger partial charge on any atom is -0.346 e. The molecule has 0 unspecified atom stereocenters. The van der Waals surface area contributed by atoms with Gasteiger partial charge in [-0.3, -0.25) is 9.69 Å². The Bertz CT molecular complexity index is 844. The number of aryl methyl sites for hydroxylation is 4. The van der Waals surface area contributed by atoms with Crippen molar-refractivity contribution < 1.29 is 0 Å². The molecule has 3 aliphatic rings. The summed E-state index contributed by atoms with van der Waals surface area (Å²) in [7, 11) is 0. The first-order chi connectivity index (χ1) is 12.8. The first-order valence-corrected chi connectivity index (χ1v) is 10.6. The number of rotatable bonds is 4. The first kappa shape index (κ1) is 16.4. The van der Waals surface area contributed by atoms with Crippen molar-refractivity contribution in [2.75, 3.05) is 37.6 Å². The highest BCUT2D eigenvalue weighted by molar-refractivity contribution is 7.15. The van der Waals surface area contributed by atoms with Gasteiger partial charge < -0.3 is 4.90 Å². The number of hydrogen-bond acceptors (Lipinski definition) is 6. The predicted octanol–water partition coefficient (Wildman–Crippen LogP) is 1.50. The molecule has 0 aromatic carbocycles. The number of piperazine rings is 1. The molecule has 2 aromatic rings. The standard InChI is InChI=1S/C19H25N5OS/c25-18-13-14-3-1-4-15(14)21-24(18)12-9-22-7-10-23(11-8-22)19-20-16-5-2-6-17(16)26-19/h13H,1-12H2. The van der Waals surface area contributed by atoms with Crippen LogP contribution in [0.25, 0.3) is 0 Å². The lowest BCUT2D eigenvalue weighted by Crippen LogP contribution is -2.47. The summed E-state index contributed by atoms with van der Waals surface area (Å²) in [6, 6.07) is 1.80. The van der Waals surface area contributed by atoms with Crippen molar-refractivity contribution in [1.29, 1.82) is 0 Å². The van der Waals surface area contributed by atoms with E-state index in [1.54, 1.807) is 10.7 Å². The number of aromatic nitrogens is 3. The van der Waals surface area contributed by atoms with Crippen LogP contribution in [0.4, 0.5) is 5.13 Å². The molecule has 0 atom stereocenters. The Labute approximate surface area is 157 Å². The van der Waals surface area contributed by atoms with E-state index in [9.17, 15) is 4.79 Å². The van der Waals surface area contributed by atoms with Crippen LogP contribution in [0.3, 0.4) is 0 Å². The zero-order valence-electron chi connectivity index (χ0n) is 15.1. The molecule has 1 aliphatic heterocycles. The summed E-state index contributed by atoms with van der Waals surface area (Å²) in [5.41, 5.74) is 3.69. The molecule has 7 heteroatoms. The first-order valence-electron chi connectivity index (χ1n) is 9.82. The van der Waals surface area contributed by atoms with Gasteiger partial charge in [-0.2, -0.15) is 5.10 Å². The molecule has 0 spiro atoms. The van der Waals surface area contributed by atoms with Crippen molar-refractivity contribution in [1.82, 2.24) is 19.7 Å². The molecule has 6 nitrogen and oxygen atoms in total. The summed E-state index contributed by atoms with van der Waals surface area (Å²) in [5, 5.41) is 5.80. The maximum absolute atomic E-state index is 12.2. The van der Waals surface area contributed by atoms with Crippen molar-refractivity contribution >= 4 is 16.5 Å². The second-order valence-corrected chi connectivity index (χ2v) is 8.64. The van der Waals surface area contributed by atoms with Gasteiger partial charge in [-0.15, -0.1) is 11.3 Å². The van der Waals surface area contributed by atoms with E-state index in [1.165, 1.54) is 28.5 Å². The van der Waals surface area contributed by atoms with Gasteiger partial charge in [0.1, 0.15) is 0 Å². The van der Waals surface area contributed by atoms with Crippen LogP contribution in [0.15, 0.2) is 10.9 Å². The van der Waals surface area contributed by atoms with Gasteiger partial charge in [0.05, 0.1) is 17.9 Å². The average Bonchev–Trinajstić information content (AvgIpc) is 3.35. The van der Waals surface area contributed by atoms with Gasteiger partial charge in [0.25, 0.3) is 5.56 Å². The largest absolute Gasteiger partial charge is 0.346 e. The Kier molecular flexibility index (Phi) is 4.29. The predicted molar refractivity (Wildman–Crippen MR) is 103 cm³/mol. The van der Waals surface area contributed by atoms with Gasteiger partial charge in [0, 0.05) is 43.7 Å². The highest BCUT2D eigenvalue weighted by Crippen LogP contribution is 2.32. The third kappa shape index (κ3) is 3.07. The topological polar surface area (TPSA) is 54.3 Å². The van der Waals surface area contributed by atoms with E-state index in [1.807, 2.05) is 11.3 Å². The van der Waals surface area contributed by atoms with E-state index >= 15 is 0 Å². The fourth-order valence-electron chi connectivity index (χ4n) is 4.31. The van der Waals surface area contributed by atoms with Gasteiger partial charge in [-0.1, -0.05) is 0 Å². The Hall–Kier alpha value is -1.73. The number of thiazole rings is 1. The molecule has 2 aliphatic carbocycles. The molecule has 1 saturated heterocycles. The van der Waals surface area contributed by atoms with E-state index in [0.29, 0.717) is 6.54 Å². The van der Waals surface area contributed by atoms with Gasteiger partial charge in [0.15, 0.2) is 5.13 Å². The van der Waals surface area contributed by atoms with E-state index in [0.717, 1.165) is 69.7 Å². The zero-order valence-corrected chi connectivity index (χ0v) is 15.9. The van der Waals surface area contributed by atoms with Crippen LogP contribution in [-0.2, 0) is 32.2 Å². The summed E-state index contributed by atoms with van der Waals surface area (Å²) < 4.78 is 1.67. The lowest BCUT2D eigenvalue weighted by molar-refractivity contribution is 0.242. The molecule has 0 saturated carbocycles. The van der Waals surface area contributed by atoms with E-state index < -0.39 is 0 Å². The molecule has 0 N–H and O–H groups in total. The van der Waals surface area contributed by atoms with Crippen LogP contribution < -0.4 is 10.5 Å². The monoisotopic (exact) mass is 371 g/mol. The van der Waals surface area contributed by atoms with Crippen LogP contribution in [0.5, 0.6) is 0 Å². The van der Waals surface area contributed by atoms with Crippen LogP contribution in [0.2, 0.25) is 0 Å². The van der Waals surface area contributed by atoms with Crippen LogP contribution in [0, 0.1) is 0 Å². The smallest absolute Gasteiger partial charge is 0.267 e. The Balaban J connectivity index is 1.17. The molecular formula is C19H25N5OS. The van der Waals surface area contributed by atoms with Gasteiger partial charge in [-0.05, 0) is 44.1 Å². The normalized spacial score (nSPS) is 19.8. The molecule has 138 valence electrons. The maximum Gasteiger partial charge on any atom is 0.267 e. The average molecular weight is 372 g/mol. The number of fused-ring (bicyclic) bond motifs is 2. The Morgan fingerprint density at radius 1 is 0.962 bits per heavy atom. The summed E-state index contributed by atoms with van der Waals surface area (Å²) >= 11 is 1.89. The fraction of sp³-hybridized carbons (Fsp3) is 0.632. The minimum atomic E-state index is 0.0570. The third-order valence-electron chi connectivity index (χ3n) is 5.88. The molecule has 1 fully saturated rings. The lowest BCUT2D eigenvalue weighted by Gasteiger charge is -2.34. The highest BCUT2D eigenvalue weighted by Gasteiger charge is 2.23. The summed E-state index contributed by atoms with van der Waals surface area (Å²) in [6.07, 6.45) is 6.82.